The van der Waals surface area contributed by atoms with Gasteiger partial charge in [0.1, 0.15) is 12.0 Å². The van der Waals surface area contributed by atoms with Gasteiger partial charge in [-0.1, -0.05) is 32.0 Å². The molecule has 7 rings (SSSR count). The Labute approximate surface area is 229 Å². The average Bonchev–Trinajstić information content (AvgIpc) is 3.63. The highest BCUT2D eigenvalue weighted by atomic mass is 16.7. The van der Waals surface area contributed by atoms with Crippen LogP contribution in [-0.2, 0) is 20.5 Å². The highest BCUT2D eigenvalue weighted by molar-refractivity contribution is 6.48. The third kappa shape index (κ3) is 4.50. The number of furan rings is 1. The summed E-state index contributed by atoms with van der Waals surface area (Å²) in [5.41, 5.74) is 1.62. The van der Waals surface area contributed by atoms with Crippen LogP contribution < -0.4 is 10.6 Å². The topological polar surface area (TPSA) is 117 Å². The van der Waals surface area contributed by atoms with Crippen molar-refractivity contribution in [1.29, 1.82) is 5.26 Å². The van der Waals surface area contributed by atoms with Crippen molar-refractivity contribution in [1.82, 2.24) is 15.5 Å². The van der Waals surface area contributed by atoms with Crippen LogP contribution in [0.1, 0.15) is 58.4 Å². The lowest BCUT2D eigenvalue weighted by Crippen LogP contribution is -2.65. The summed E-state index contributed by atoms with van der Waals surface area (Å²) in [6.45, 7) is 7.79. The van der Waals surface area contributed by atoms with Gasteiger partial charge in [0.05, 0.1) is 30.0 Å². The Morgan fingerprint density at radius 2 is 2.08 bits per heavy atom. The number of nitrogens with one attached hydrogen (secondary N) is 2. The van der Waals surface area contributed by atoms with Gasteiger partial charge >= 0.3 is 13.1 Å². The minimum atomic E-state index is -0.588. The predicted octanol–water partition coefficient (Wildman–Crippen LogP) is 3.82. The van der Waals surface area contributed by atoms with Gasteiger partial charge in [0.25, 0.3) is 0 Å². The lowest BCUT2D eigenvalue weighted by atomic mass is 9.43. The summed E-state index contributed by atoms with van der Waals surface area (Å²) >= 11 is 0. The van der Waals surface area contributed by atoms with E-state index in [-0.39, 0.29) is 41.5 Å². The SMILES string of the molecule is CC1(C)[C@@H]2C[C@H]3OB([C@H](Cc4coc5ccccc45)NC(=O)NC[C@H]4CCCN4C(=O)CC#N)O[C@@]3(C)[C@H]1C2. The normalized spacial score (nSPS) is 31.3. The molecule has 3 heterocycles. The van der Waals surface area contributed by atoms with Crippen molar-refractivity contribution in [3.05, 3.63) is 36.1 Å². The van der Waals surface area contributed by atoms with Gasteiger partial charge in [0.15, 0.2) is 0 Å². The van der Waals surface area contributed by atoms with Gasteiger partial charge in [-0.2, -0.15) is 5.26 Å². The Kier molecular flexibility index (Phi) is 6.63. The lowest BCUT2D eigenvalue weighted by molar-refractivity contribution is -0.199. The maximum Gasteiger partial charge on any atom is 0.482 e. The molecule has 2 aromatic rings. The van der Waals surface area contributed by atoms with Crippen molar-refractivity contribution in [3.63, 3.8) is 0 Å². The van der Waals surface area contributed by atoms with Crippen LogP contribution in [0.3, 0.4) is 0 Å². The molecule has 2 N–H and O–H groups in total. The molecule has 10 heteroatoms. The van der Waals surface area contributed by atoms with Crippen LogP contribution in [-0.4, -0.2) is 60.7 Å². The van der Waals surface area contributed by atoms with Gasteiger partial charge in [-0.15, -0.1) is 0 Å². The number of carbonyl (C=O) groups excluding carboxylic acids is 2. The van der Waals surface area contributed by atoms with Crippen molar-refractivity contribution in [2.75, 3.05) is 13.1 Å². The number of likely N-dealkylation sites (tertiary alicyclic amines) is 1. The number of fused-ring (bicyclic) bond motifs is 1. The molecule has 1 aromatic carbocycles. The Morgan fingerprint density at radius 3 is 2.87 bits per heavy atom. The van der Waals surface area contributed by atoms with Crippen molar-refractivity contribution in [2.24, 2.45) is 17.3 Å². The van der Waals surface area contributed by atoms with E-state index in [0.29, 0.717) is 31.3 Å². The molecule has 2 saturated heterocycles. The minimum absolute atomic E-state index is 0.00549. The second kappa shape index (κ2) is 9.86. The summed E-state index contributed by atoms with van der Waals surface area (Å²) in [6.07, 6.45) is 5.90. The molecule has 39 heavy (non-hydrogen) atoms. The van der Waals surface area contributed by atoms with Gasteiger partial charge in [-0.05, 0) is 67.9 Å². The molecule has 2 aliphatic heterocycles. The standard InChI is InChI=1S/C29H37BN4O5/c1-28(2)19-14-23(28)29(3)24(15-19)38-30(39-29)25(13-18-17-37-22-9-5-4-8-21(18)22)33-27(36)32-16-20-7-6-12-34(20)26(35)10-11-31/h4-5,8-9,17,19-20,23-25H,6-7,10,12-16H2,1-3H3,(H2,32,33,36)/t19-,20+,23-,24+,25-,29-/m0/s1. The average molecular weight is 532 g/mol. The number of hydrogen-bond donors (Lipinski definition) is 2. The molecule has 1 aromatic heterocycles. The second-order valence-corrected chi connectivity index (χ2v) is 12.5. The smallest absolute Gasteiger partial charge is 0.464 e. The fourth-order valence-electron chi connectivity index (χ4n) is 7.69. The van der Waals surface area contributed by atoms with Gasteiger partial charge in [0, 0.05) is 24.5 Å². The molecule has 0 radical (unpaired) electrons. The molecule has 3 aliphatic carbocycles. The number of rotatable bonds is 7. The Hall–Kier alpha value is -3.03. The molecule has 0 spiro atoms. The number of urea groups is 1. The zero-order valence-corrected chi connectivity index (χ0v) is 22.9. The number of para-hydroxylation sites is 1. The number of nitriles is 1. The largest absolute Gasteiger partial charge is 0.482 e. The molecule has 3 saturated carbocycles. The maximum absolute atomic E-state index is 13.2. The minimum Gasteiger partial charge on any atom is -0.464 e. The molecule has 9 nitrogen and oxygen atoms in total. The summed E-state index contributed by atoms with van der Waals surface area (Å²) in [5, 5.41) is 16.0. The first-order valence-corrected chi connectivity index (χ1v) is 14.2. The van der Waals surface area contributed by atoms with Crippen LogP contribution in [0.4, 0.5) is 4.79 Å². The van der Waals surface area contributed by atoms with Gasteiger partial charge < -0.3 is 29.3 Å². The fraction of sp³-hybridized carbons (Fsp3) is 0.621. The van der Waals surface area contributed by atoms with Crippen molar-refractivity contribution < 1.29 is 23.3 Å². The van der Waals surface area contributed by atoms with E-state index in [1.165, 1.54) is 0 Å². The van der Waals surface area contributed by atoms with Crippen LogP contribution in [0, 0.1) is 28.6 Å². The van der Waals surface area contributed by atoms with E-state index in [1.54, 1.807) is 11.2 Å². The zero-order valence-electron chi connectivity index (χ0n) is 22.9. The number of amides is 3. The molecule has 206 valence electrons. The van der Waals surface area contributed by atoms with Crippen LogP contribution in [0.2, 0.25) is 0 Å². The Morgan fingerprint density at radius 1 is 1.26 bits per heavy atom. The summed E-state index contributed by atoms with van der Waals surface area (Å²) in [7, 11) is -0.588. The lowest BCUT2D eigenvalue weighted by Gasteiger charge is -2.64. The highest BCUT2D eigenvalue weighted by Gasteiger charge is 2.68. The summed E-state index contributed by atoms with van der Waals surface area (Å²) in [5.74, 6) is 0.432. The van der Waals surface area contributed by atoms with E-state index in [4.69, 9.17) is 19.0 Å². The maximum atomic E-state index is 13.2. The molecule has 0 unspecified atom stereocenters. The first kappa shape index (κ1) is 26.2. The van der Waals surface area contributed by atoms with Crippen molar-refractivity contribution in [3.8, 4) is 6.07 Å². The number of nitrogens with zero attached hydrogens (tertiary/aromatic N) is 2. The van der Waals surface area contributed by atoms with E-state index >= 15 is 0 Å². The summed E-state index contributed by atoms with van der Waals surface area (Å²) in [4.78, 5) is 27.2. The van der Waals surface area contributed by atoms with Crippen LogP contribution >= 0.6 is 0 Å². The Bertz CT molecular complexity index is 1310. The van der Waals surface area contributed by atoms with Crippen LogP contribution in [0.15, 0.2) is 34.9 Å². The summed E-state index contributed by atoms with van der Waals surface area (Å²) < 4.78 is 19.1. The third-order valence-electron chi connectivity index (χ3n) is 10.0. The monoisotopic (exact) mass is 532 g/mol. The van der Waals surface area contributed by atoms with E-state index in [2.05, 4.69) is 31.4 Å². The first-order valence-electron chi connectivity index (χ1n) is 14.2. The molecular weight excluding hydrogens is 495 g/mol. The molecule has 6 atom stereocenters. The second-order valence-electron chi connectivity index (χ2n) is 12.5. The highest BCUT2D eigenvalue weighted by Crippen LogP contribution is 2.65. The number of hydrogen-bond acceptors (Lipinski definition) is 6. The predicted molar refractivity (Wildman–Crippen MR) is 145 cm³/mol. The third-order valence-corrected chi connectivity index (χ3v) is 10.0. The zero-order chi connectivity index (χ0) is 27.4. The quantitative estimate of drug-likeness (QED) is 0.524. The molecule has 2 bridgehead atoms. The summed E-state index contributed by atoms with van der Waals surface area (Å²) in [6, 6.07) is 9.36. The van der Waals surface area contributed by atoms with E-state index < -0.39 is 13.1 Å². The number of benzene rings is 1. The van der Waals surface area contributed by atoms with Crippen molar-refractivity contribution in [2.45, 2.75) is 83.0 Å². The number of carbonyl (C=O) groups is 2. The van der Waals surface area contributed by atoms with Crippen LogP contribution in [0.25, 0.3) is 11.0 Å². The molecule has 5 fully saturated rings. The molecular formula is C29H37BN4O5. The van der Waals surface area contributed by atoms with Gasteiger partial charge in [-0.25, -0.2) is 4.79 Å². The van der Waals surface area contributed by atoms with E-state index in [1.807, 2.05) is 30.3 Å². The molecule has 3 amide bonds. The molecule has 5 aliphatic rings. The first-order chi connectivity index (χ1) is 18.7. The van der Waals surface area contributed by atoms with Gasteiger partial charge in [0.2, 0.25) is 5.91 Å². The van der Waals surface area contributed by atoms with Crippen molar-refractivity contribution >= 4 is 30.0 Å². The Balaban J connectivity index is 1.17. The van der Waals surface area contributed by atoms with Gasteiger partial charge in [-0.3, -0.25) is 4.79 Å². The van der Waals surface area contributed by atoms with E-state index in [0.717, 1.165) is 42.2 Å². The fourth-order valence-corrected chi connectivity index (χ4v) is 7.69. The van der Waals surface area contributed by atoms with Crippen LogP contribution in [0.5, 0.6) is 0 Å². The van der Waals surface area contributed by atoms with E-state index in [9.17, 15) is 9.59 Å².